The van der Waals surface area contributed by atoms with Crippen LogP contribution in [0.3, 0.4) is 0 Å². The quantitative estimate of drug-likeness (QED) is 0.755. The summed E-state index contributed by atoms with van der Waals surface area (Å²) in [5, 5.41) is 8.84. The first-order valence-electron chi connectivity index (χ1n) is 6.87. The Hall–Kier alpha value is -1.37. The van der Waals surface area contributed by atoms with Crippen molar-refractivity contribution < 1.29 is 9.59 Å². The lowest BCUT2D eigenvalue weighted by Gasteiger charge is -2.28. The second-order valence-corrected chi connectivity index (χ2v) is 5.04. The molecule has 0 radical (unpaired) electrons. The van der Waals surface area contributed by atoms with Crippen LogP contribution in [0.1, 0.15) is 30.3 Å². The fraction of sp³-hybridized carbons (Fsp3) is 0.500. The van der Waals surface area contributed by atoms with Gasteiger partial charge in [-0.15, -0.1) is 24.8 Å². The molecule has 2 heterocycles. The second-order valence-electron chi connectivity index (χ2n) is 5.04. The van der Waals surface area contributed by atoms with Crippen molar-refractivity contribution in [1.82, 2.24) is 20.9 Å². The van der Waals surface area contributed by atoms with Crippen LogP contribution < -0.4 is 16.0 Å². The first-order valence-corrected chi connectivity index (χ1v) is 6.87. The summed E-state index contributed by atoms with van der Waals surface area (Å²) >= 11 is 0. The summed E-state index contributed by atoms with van der Waals surface area (Å²) in [7, 11) is 0. The van der Waals surface area contributed by atoms with Gasteiger partial charge in [-0.05, 0) is 38.4 Å². The van der Waals surface area contributed by atoms with Crippen LogP contribution in [-0.2, 0) is 4.79 Å². The van der Waals surface area contributed by atoms with Crippen LogP contribution in [0.25, 0.3) is 0 Å². The van der Waals surface area contributed by atoms with E-state index >= 15 is 0 Å². The third kappa shape index (κ3) is 6.60. The van der Waals surface area contributed by atoms with E-state index in [1.165, 1.54) is 0 Å². The molecule has 1 aliphatic heterocycles. The summed E-state index contributed by atoms with van der Waals surface area (Å²) in [4.78, 5) is 27.4. The van der Waals surface area contributed by atoms with Gasteiger partial charge in [-0.25, -0.2) is 0 Å². The zero-order chi connectivity index (χ0) is 14.4. The first-order chi connectivity index (χ1) is 9.65. The molecule has 0 aromatic carbocycles. The molecular weight excluding hydrogens is 327 g/mol. The third-order valence-electron chi connectivity index (χ3n) is 3.30. The highest BCUT2D eigenvalue weighted by atomic mass is 35.5. The fourth-order valence-electron chi connectivity index (χ4n) is 2.29. The van der Waals surface area contributed by atoms with Gasteiger partial charge in [-0.3, -0.25) is 14.6 Å². The Morgan fingerprint density at radius 1 is 1.36 bits per heavy atom. The smallest absolute Gasteiger partial charge is 0.270 e. The summed E-state index contributed by atoms with van der Waals surface area (Å²) in [6, 6.07) is 5.68. The van der Waals surface area contributed by atoms with Crippen LogP contribution in [0.5, 0.6) is 0 Å². The zero-order valence-corrected chi connectivity index (χ0v) is 14.0. The van der Waals surface area contributed by atoms with Gasteiger partial charge in [0.2, 0.25) is 5.91 Å². The molecular formula is C14H22Cl2N4O2. The number of pyridine rings is 1. The minimum atomic E-state index is -0.334. The largest absolute Gasteiger partial charge is 0.352 e. The molecule has 22 heavy (non-hydrogen) atoms. The van der Waals surface area contributed by atoms with E-state index in [1.54, 1.807) is 24.4 Å². The van der Waals surface area contributed by atoms with Crippen LogP contribution >= 0.6 is 24.8 Å². The molecule has 3 N–H and O–H groups in total. The van der Waals surface area contributed by atoms with Gasteiger partial charge in [0.15, 0.2) is 0 Å². The Balaban J connectivity index is 0.00000220. The molecule has 2 atom stereocenters. The third-order valence-corrected chi connectivity index (χ3v) is 3.30. The molecule has 1 fully saturated rings. The Morgan fingerprint density at radius 2 is 2.14 bits per heavy atom. The number of halogens is 2. The lowest BCUT2D eigenvalue weighted by molar-refractivity contribution is -0.121. The summed E-state index contributed by atoms with van der Waals surface area (Å²) in [6.45, 7) is 2.99. The summed E-state index contributed by atoms with van der Waals surface area (Å²) in [6.07, 6.45) is 3.38. The molecule has 0 bridgehead atoms. The number of nitrogens with one attached hydrogen (secondary N) is 3. The number of carbonyl (C=O) groups excluding carboxylic acids is 2. The van der Waals surface area contributed by atoms with Gasteiger partial charge in [0.1, 0.15) is 5.69 Å². The van der Waals surface area contributed by atoms with E-state index in [9.17, 15) is 9.59 Å². The average Bonchev–Trinajstić information content (AvgIpc) is 2.46. The van der Waals surface area contributed by atoms with Gasteiger partial charge >= 0.3 is 0 Å². The van der Waals surface area contributed by atoms with Crippen molar-refractivity contribution in [2.24, 2.45) is 0 Å². The molecule has 8 heteroatoms. The summed E-state index contributed by atoms with van der Waals surface area (Å²) in [5.41, 5.74) is 0.316. The normalized spacial score (nSPS) is 20.0. The predicted molar refractivity (Wildman–Crippen MR) is 89.7 cm³/mol. The Labute approximate surface area is 142 Å². The number of hydrogen-bond donors (Lipinski definition) is 3. The molecule has 6 nitrogen and oxygen atoms in total. The van der Waals surface area contributed by atoms with Gasteiger partial charge in [0, 0.05) is 18.3 Å². The number of carbonyl (C=O) groups is 2. The number of nitrogens with zero attached hydrogens (tertiary/aromatic N) is 1. The van der Waals surface area contributed by atoms with E-state index in [2.05, 4.69) is 27.9 Å². The molecule has 0 aliphatic carbocycles. The fourth-order valence-corrected chi connectivity index (χ4v) is 2.29. The van der Waals surface area contributed by atoms with Crippen molar-refractivity contribution >= 4 is 36.6 Å². The number of rotatable bonds is 4. The number of hydrogen-bond acceptors (Lipinski definition) is 4. The van der Waals surface area contributed by atoms with Gasteiger partial charge in [-0.2, -0.15) is 0 Å². The molecule has 1 saturated heterocycles. The van der Waals surface area contributed by atoms with E-state index in [-0.39, 0.29) is 49.2 Å². The first kappa shape index (κ1) is 20.6. The van der Waals surface area contributed by atoms with E-state index in [0.29, 0.717) is 11.7 Å². The standard InChI is InChI=1S/C14H20N4O2.2ClH/c1-10-8-11(5-7-15-10)18-13(19)9-17-14(20)12-4-2-3-6-16-12;;/h2-4,6,10-11,15H,5,7-9H2,1H3,(H,17,20)(H,18,19);2*1H. The van der Waals surface area contributed by atoms with Crippen molar-refractivity contribution in [2.45, 2.75) is 31.8 Å². The van der Waals surface area contributed by atoms with Crippen LogP contribution in [-0.4, -0.2) is 42.0 Å². The molecule has 2 unspecified atom stereocenters. The summed E-state index contributed by atoms with van der Waals surface area (Å²) in [5.74, 6) is -0.493. The highest BCUT2D eigenvalue weighted by molar-refractivity contribution is 5.94. The van der Waals surface area contributed by atoms with E-state index in [4.69, 9.17) is 0 Å². The molecule has 1 aliphatic rings. The van der Waals surface area contributed by atoms with Crippen molar-refractivity contribution in [1.29, 1.82) is 0 Å². The molecule has 124 valence electrons. The Kier molecular flexibility index (Phi) is 9.73. The zero-order valence-electron chi connectivity index (χ0n) is 12.4. The maximum Gasteiger partial charge on any atom is 0.270 e. The number of amides is 2. The van der Waals surface area contributed by atoms with Crippen LogP contribution in [0.4, 0.5) is 0 Å². The molecule has 2 amide bonds. The maximum atomic E-state index is 11.8. The van der Waals surface area contributed by atoms with Crippen molar-refractivity contribution in [2.75, 3.05) is 13.1 Å². The highest BCUT2D eigenvalue weighted by Crippen LogP contribution is 2.07. The van der Waals surface area contributed by atoms with E-state index < -0.39 is 0 Å². The maximum absolute atomic E-state index is 11.8. The SMILES string of the molecule is CC1CC(NC(=O)CNC(=O)c2ccccn2)CCN1.Cl.Cl. The van der Waals surface area contributed by atoms with Crippen molar-refractivity contribution in [3.8, 4) is 0 Å². The molecule has 1 aromatic rings. The molecule has 0 saturated carbocycles. The Bertz CT molecular complexity index is 473. The van der Waals surface area contributed by atoms with Gasteiger partial charge in [0.25, 0.3) is 5.91 Å². The minimum Gasteiger partial charge on any atom is -0.352 e. The Morgan fingerprint density at radius 3 is 2.77 bits per heavy atom. The number of aromatic nitrogens is 1. The monoisotopic (exact) mass is 348 g/mol. The second kappa shape index (κ2) is 10.4. The van der Waals surface area contributed by atoms with E-state index in [1.807, 2.05) is 0 Å². The van der Waals surface area contributed by atoms with E-state index in [0.717, 1.165) is 19.4 Å². The lowest BCUT2D eigenvalue weighted by atomic mass is 10.0. The van der Waals surface area contributed by atoms with Gasteiger partial charge in [0.05, 0.1) is 6.54 Å². The van der Waals surface area contributed by atoms with Crippen LogP contribution in [0, 0.1) is 0 Å². The van der Waals surface area contributed by atoms with Gasteiger partial charge in [-0.1, -0.05) is 6.07 Å². The van der Waals surface area contributed by atoms with Crippen molar-refractivity contribution in [3.05, 3.63) is 30.1 Å². The van der Waals surface area contributed by atoms with Crippen LogP contribution in [0.15, 0.2) is 24.4 Å². The number of piperidine rings is 1. The molecule has 1 aromatic heterocycles. The summed E-state index contributed by atoms with van der Waals surface area (Å²) < 4.78 is 0. The van der Waals surface area contributed by atoms with Crippen molar-refractivity contribution in [3.63, 3.8) is 0 Å². The highest BCUT2D eigenvalue weighted by Gasteiger charge is 2.20. The molecule has 0 spiro atoms. The van der Waals surface area contributed by atoms with Gasteiger partial charge < -0.3 is 16.0 Å². The average molecular weight is 349 g/mol. The van der Waals surface area contributed by atoms with Crippen LogP contribution in [0.2, 0.25) is 0 Å². The predicted octanol–water partition coefficient (Wildman–Crippen LogP) is 0.912. The topological polar surface area (TPSA) is 83.1 Å². The lowest BCUT2D eigenvalue weighted by Crippen LogP contribution is -2.49. The molecule has 2 rings (SSSR count). The minimum absolute atomic E-state index is 0.